The Hall–Kier alpha value is -4.64. The van der Waals surface area contributed by atoms with Gasteiger partial charge < -0.3 is 4.74 Å². The molecule has 6 aromatic rings. The van der Waals surface area contributed by atoms with Gasteiger partial charge in [0.05, 0.1) is 22.4 Å². The van der Waals surface area contributed by atoms with Crippen molar-refractivity contribution in [2.75, 3.05) is 0 Å². The largest absolute Gasteiger partial charge is 0.457 e. The molecule has 0 bridgehead atoms. The molecule has 3 heterocycles. The van der Waals surface area contributed by atoms with Gasteiger partial charge >= 0.3 is 0 Å². The normalized spacial score (nSPS) is 16.8. The molecular weight excluding hydrogens is 552 g/mol. The van der Waals surface area contributed by atoms with Gasteiger partial charge in [-0.1, -0.05) is 50.1 Å². The first-order chi connectivity index (χ1) is 21.8. The molecule has 7 rings (SSSR count). The van der Waals surface area contributed by atoms with E-state index in [0.29, 0.717) is 11.8 Å². The van der Waals surface area contributed by atoms with E-state index in [-0.39, 0.29) is 0 Å². The molecule has 45 heavy (non-hydrogen) atoms. The number of pyridine rings is 1. The fourth-order valence-corrected chi connectivity index (χ4v) is 7.48. The average molecular weight is 595 g/mol. The molecule has 228 valence electrons. The lowest BCUT2D eigenvalue weighted by Gasteiger charge is -2.29. The Balaban J connectivity index is 1.31. The summed E-state index contributed by atoms with van der Waals surface area (Å²) in [4.78, 5) is 4.74. The van der Waals surface area contributed by atoms with E-state index in [4.69, 9.17) is 14.8 Å². The maximum Gasteiger partial charge on any atom is 0.137 e. The zero-order valence-electron chi connectivity index (χ0n) is 27.3. The summed E-state index contributed by atoms with van der Waals surface area (Å²) in [5, 5.41) is 7.49. The quantitative estimate of drug-likeness (QED) is 0.173. The minimum absolute atomic E-state index is 0.420. The topological polar surface area (TPSA) is 44.9 Å². The zero-order valence-corrected chi connectivity index (χ0v) is 27.3. The molecule has 0 unspecified atom stereocenters. The molecule has 5 nitrogen and oxygen atoms in total. The average Bonchev–Trinajstić information content (AvgIpc) is 3.50. The second kappa shape index (κ2) is 11.7. The Bertz CT molecular complexity index is 2080. The summed E-state index contributed by atoms with van der Waals surface area (Å²) in [6.45, 7) is 13.4. The lowest BCUT2D eigenvalue weighted by molar-refractivity contribution is 0.447. The van der Waals surface area contributed by atoms with Crippen LogP contribution in [0.15, 0.2) is 90.6 Å². The van der Waals surface area contributed by atoms with Crippen molar-refractivity contribution in [3.63, 3.8) is 0 Å². The van der Waals surface area contributed by atoms with Gasteiger partial charge in [0.25, 0.3) is 0 Å². The molecule has 5 heteroatoms. The Kier molecular flexibility index (Phi) is 7.56. The molecule has 0 radical (unpaired) electrons. The van der Waals surface area contributed by atoms with E-state index in [9.17, 15) is 0 Å². The first-order valence-electron chi connectivity index (χ1n) is 16.3. The van der Waals surface area contributed by atoms with Gasteiger partial charge in [-0.25, -0.2) is 9.67 Å². The first-order valence-corrected chi connectivity index (χ1v) is 16.3. The summed E-state index contributed by atoms with van der Waals surface area (Å²) in [5.74, 6) is 3.55. The summed E-state index contributed by atoms with van der Waals surface area (Å²) >= 11 is 0. The Morgan fingerprint density at radius 2 is 1.69 bits per heavy atom. The SMILES string of the molecule is CCCc1cc(Oc2ccc3c4ccccc4n(-c4cc(C)ccn4)c3c2)cc(-n2nc(C)c([C@@H]3C(C)=CCC[C@@H]3C)c2C)c1. The number of benzene rings is 3. The molecule has 0 saturated carbocycles. The van der Waals surface area contributed by atoms with Crippen LogP contribution in [0.25, 0.3) is 33.3 Å². The van der Waals surface area contributed by atoms with Crippen LogP contribution >= 0.6 is 0 Å². The fourth-order valence-electron chi connectivity index (χ4n) is 7.48. The van der Waals surface area contributed by atoms with Crippen LogP contribution in [0.2, 0.25) is 0 Å². The number of para-hydroxylation sites is 1. The van der Waals surface area contributed by atoms with Gasteiger partial charge in [-0.15, -0.1) is 0 Å². The van der Waals surface area contributed by atoms with Crippen molar-refractivity contribution in [1.29, 1.82) is 0 Å². The molecule has 1 aliphatic rings. The molecule has 0 amide bonds. The van der Waals surface area contributed by atoms with Gasteiger partial charge in [0.2, 0.25) is 0 Å². The van der Waals surface area contributed by atoms with E-state index in [1.807, 2.05) is 12.3 Å². The van der Waals surface area contributed by atoms with Crippen LogP contribution in [0.4, 0.5) is 0 Å². The maximum atomic E-state index is 6.69. The number of nitrogens with zero attached hydrogens (tertiary/aromatic N) is 4. The Morgan fingerprint density at radius 3 is 2.49 bits per heavy atom. The molecule has 0 saturated heterocycles. The van der Waals surface area contributed by atoms with Crippen molar-refractivity contribution in [2.45, 2.75) is 73.1 Å². The molecule has 2 atom stereocenters. The predicted molar refractivity (Wildman–Crippen MR) is 185 cm³/mol. The Labute approximate surface area is 266 Å². The third-order valence-electron chi connectivity index (χ3n) is 9.55. The van der Waals surface area contributed by atoms with Gasteiger partial charge in [-0.05, 0) is 106 Å². The third kappa shape index (κ3) is 5.24. The van der Waals surface area contributed by atoms with Crippen molar-refractivity contribution >= 4 is 21.8 Å². The van der Waals surface area contributed by atoms with Gasteiger partial charge in [0.1, 0.15) is 17.3 Å². The minimum Gasteiger partial charge on any atom is -0.457 e. The molecule has 0 spiro atoms. The third-order valence-corrected chi connectivity index (χ3v) is 9.55. The fraction of sp³-hybridized carbons (Fsp3) is 0.300. The minimum atomic E-state index is 0.420. The van der Waals surface area contributed by atoms with E-state index in [1.165, 1.54) is 51.6 Å². The molecule has 3 aromatic heterocycles. The molecule has 0 aliphatic heterocycles. The van der Waals surface area contributed by atoms with E-state index in [2.05, 4.69) is 124 Å². The van der Waals surface area contributed by atoms with Crippen LogP contribution in [0.3, 0.4) is 0 Å². The second-order valence-corrected chi connectivity index (χ2v) is 12.9. The van der Waals surface area contributed by atoms with Gasteiger partial charge in [0.15, 0.2) is 0 Å². The second-order valence-electron chi connectivity index (χ2n) is 12.9. The summed E-state index contributed by atoms with van der Waals surface area (Å²) in [7, 11) is 0. The maximum absolute atomic E-state index is 6.69. The summed E-state index contributed by atoms with van der Waals surface area (Å²) in [6, 6.07) is 25.7. The lowest BCUT2D eigenvalue weighted by atomic mass is 9.75. The van der Waals surface area contributed by atoms with E-state index in [1.54, 1.807) is 0 Å². The van der Waals surface area contributed by atoms with E-state index >= 15 is 0 Å². The number of aromatic nitrogens is 4. The number of ether oxygens (including phenoxy) is 1. The highest BCUT2D eigenvalue weighted by Crippen LogP contribution is 2.42. The van der Waals surface area contributed by atoms with Crippen LogP contribution in [0.1, 0.15) is 74.0 Å². The molecule has 1 aliphatic carbocycles. The van der Waals surface area contributed by atoms with Crippen LogP contribution in [0, 0.1) is 26.7 Å². The number of rotatable bonds is 7. The summed E-state index contributed by atoms with van der Waals surface area (Å²) < 4.78 is 11.1. The highest BCUT2D eigenvalue weighted by molar-refractivity contribution is 6.09. The number of allylic oxidation sites excluding steroid dienone is 2. The predicted octanol–water partition coefficient (Wildman–Crippen LogP) is 10.5. The van der Waals surface area contributed by atoms with Crippen LogP contribution < -0.4 is 4.74 Å². The van der Waals surface area contributed by atoms with E-state index in [0.717, 1.165) is 52.6 Å². The van der Waals surface area contributed by atoms with Crippen LogP contribution in [-0.4, -0.2) is 19.3 Å². The van der Waals surface area contributed by atoms with Crippen LogP contribution in [0.5, 0.6) is 11.5 Å². The van der Waals surface area contributed by atoms with Crippen molar-refractivity contribution in [3.8, 4) is 23.0 Å². The number of hydrogen-bond donors (Lipinski definition) is 0. The first kappa shape index (κ1) is 29.1. The van der Waals surface area contributed by atoms with E-state index < -0.39 is 0 Å². The summed E-state index contributed by atoms with van der Waals surface area (Å²) in [5.41, 5.74) is 10.9. The number of hydrogen-bond acceptors (Lipinski definition) is 3. The number of fused-ring (bicyclic) bond motifs is 3. The van der Waals surface area contributed by atoms with Crippen molar-refractivity contribution in [1.82, 2.24) is 19.3 Å². The van der Waals surface area contributed by atoms with Crippen molar-refractivity contribution in [2.24, 2.45) is 5.92 Å². The lowest BCUT2D eigenvalue weighted by Crippen LogP contribution is -2.16. The monoisotopic (exact) mass is 594 g/mol. The molecule has 0 N–H and O–H groups in total. The van der Waals surface area contributed by atoms with Gasteiger partial charge in [-0.2, -0.15) is 5.10 Å². The van der Waals surface area contributed by atoms with Crippen LogP contribution in [-0.2, 0) is 6.42 Å². The summed E-state index contributed by atoms with van der Waals surface area (Å²) in [6.07, 6.45) is 8.72. The molecule has 3 aromatic carbocycles. The Morgan fingerprint density at radius 1 is 0.867 bits per heavy atom. The zero-order chi connectivity index (χ0) is 31.2. The van der Waals surface area contributed by atoms with Crippen molar-refractivity contribution < 1.29 is 4.74 Å². The molecule has 0 fully saturated rings. The smallest absolute Gasteiger partial charge is 0.137 e. The highest BCUT2D eigenvalue weighted by atomic mass is 16.5. The highest BCUT2D eigenvalue weighted by Gasteiger charge is 2.29. The van der Waals surface area contributed by atoms with Crippen molar-refractivity contribution in [3.05, 3.63) is 119 Å². The van der Waals surface area contributed by atoms with Gasteiger partial charge in [-0.3, -0.25) is 4.57 Å². The number of aryl methyl sites for hydroxylation is 3. The molecular formula is C40H42N4O. The van der Waals surface area contributed by atoms with Gasteiger partial charge in [0, 0.05) is 46.3 Å². The standard InChI is InChI=1S/C40H42N4O/c1-7-11-30-21-31(44-29(6)40(28(5)42-44)39-26(3)12-10-13-27(39)4)23-33(22-30)45-32-16-17-35-34-14-8-9-15-36(34)43(37(35)24-32)38-20-25(2)18-19-41-38/h8-9,12,14-24,27,39H,7,10-11,13H2,1-6H3/t27-,39+/m0/s1.